The summed E-state index contributed by atoms with van der Waals surface area (Å²) in [7, 11) is 0. The zero-order valence-electron chi connectivity index (χ0n) is 7.64. The quantitative estimate of drug-likeness (QED) is 0.518. The third-order valence-corrected chi connectivity index (χ3v) is 2.61. The molecular weight excluding hydrogens is 146 g/mol. The molecule has 2 aliphatic rings. The lowest BCUT2D eigenvalue weighted by Gasteiger charge is -2.04. The highest BCUT2D eigenvalue weighted by molar-refractivity contribution is 6.02. The third-order valence-electron chi connectivity index (χ3n) is 2.61. The molecule has 1 fully saturated rings. The van der Waals surface area contributed by atoms with Crippen molar-refractivity contribution in [2.75, 3.05) is 6.54 Å². The molecule has 1 heterocycles. The molecule has 0 aromatic carbocycles. The minimum absolute atomic E-state index is 0.995. The Morgan fingerprint density at radius 2 is 2.08 bits per heavy atom. The van der Waals surface area contributed by atoms with Crippen molar-refractivity contribution in [3.63, 3.8) is 0 Å². The molecule has 0 atom stereocenters. The van der Waals surface area contributed by atoms with E-state index in [-0.39, 0.29) is 0 Å². The first-order chi connectivity index (χ1) is 5.86. The minimum Gasteiger partial charge on any atom is -0.289 e. The van der Waals surface area contributed by atoms with Crippen molar-refractivity contribution in [3.05, 3.63) is 23.3 Å². The molecule has 2 rings (SSSR count). The normalized spacial score (nSPS) is 31.9. The summed E-state index contributed by atoms with van der Waals surface area (Å²) in [4.78, 5) is 4.60. The van der Waals surface area contributed by atoms with Crippen LogP contribution in [-0.2, 0) is 0 Å². The summed E-state index contributed by atoms with van der Waals surface area (Å²) in [6.45, 7) is 3.18. The number of rotatable bonds is 0. The van der Waals surface area contributed by atoms with Gasteiger partial charge in [-0.2, -0.15) is 0 Å². The average molecular weight is 161 g/mol. The van der Waals surface area contributed by atoms with E-state index < -0.39 is 0 Å². The van der Waals surface area contributed by atoms with Crippen molar-refractivity contribution in [1.29, 1.82) is 0 Å². The van der Waals surface area contributed by atoms with Gasteiger partial charge in [-0.15, -0.1) is 0 Å². The van der Waals surface area contributed by atoms with Crippen LogP contribution in [0.15, 0.2) is 28.3 Å². The van der Waals surface area contributed by atoms with Gasteiger partial charge < -0.3 is 0 Å². The molecule has 0 unspecified atom stereocenters. The van der Waals surface area contributed by atoms with Crippen molar-refractivity contribution in [2.24, 2.45) is 4.99 Å². The van der Waals surface area contributed by atoms with Gasteiger partial charge in [0.25, 0.3) is 0 Å². The van der Waals surface area contributed by atoms with Gasteiger partial charge in [-0.3, -0.25) is 4.99 Å². The van der Waals surface area contributed by atoms with Crippen LogP contribution in [0.25, 0.3) is 0 Å². The predicted octanol–water partition coefficient (Wildman–Crippen LogP) is 2.89. The molecule has 1 heteroatoms. The standard InChI is InChI=1S/C11H15N/c1-9-5-6-10-3-2-4-11(10)12-8-7-9/h5-6H,2-4,7-8H2,1H3/b9-5?,10-6-,12-11-. The zero-order chi connectivity index (χ0) is 8.39. The van der Waals surface area contributed by atoms with Crippen LogP contribution < -0.4 is 0 Å². The van der Waals surface area contributed by atoms with E-state index >= 15 is 0 Å². The monoisotopic (exact) mass is 161 g/mol. The van der Waals surface area contributed by atoms with Crippen LogP contribution in [0.1, 0.15) is 32.6 Å². The summed E-state index contributed by atoms with van der Waals surface area (Å²) in [5.41, 5.74) is 4.31. The maximum Gasteiger partial charge on any atom is 0.0429 e. The largest absolute Gasteiger partial charge is 0.289 e. The number of nitrogens with zero attached hydrogens (tertiary/aromatic N) is 1. The molecule has 0 radical (unpaired) electrons. The topological polar surface area (TPSA) is 12.4 Å². The highest BCUT2D eigenvalue weighted by Crippen LogP contribution is 2.23. The van der Waals surface area contributed by atoms with Crippen molar-refractivity contribution >= 4 is 5.71 Å². The van der Waals surface area contributed by atoms with Crippen molar-refractivity contribution < 1.29 is 0 Å². The van der Waals surface area contributed by atoms with Gasteiger partial charge in [0.1, 0.15) is 0 Å². The molecule has 0 aromatic heterocycles. The number of aliphatic imine (C=N–C) groups is 1. The van der Waals surface area contributed by atoms with Gasteiger partial charge in [0.05, 0.1) is 0 Å². The van der Waals surface area contributed by atoms with E-state index in [9.17, 15) is 0 Å². The van der Waals surface area contributed by atoms with Crippen LogP contribution in [0.5, 0.6) is 0 Å². The van der Waals surface area contributed by atoms with E-state index in [1.165, 1.54) is 36.1 Å². The molecular formula is C11H15N. The summed E-state index contributed by atoms with van der Waals surface area (Å²) in [6.07, 6.45) is 9.40. The summed E-state index contributed by atoms with van der Waals surface area (Å²) in [6, 6.07) is 0. The van der Waals surface area contributed by atoms with Gasteiger partial charge in [0.2, 0.25) is 0 Å². The number of fused-ring (bicyclic) bond motifs is 1. The molecule has 0 N–H and O–H groups in total. The fourth-order valence-electron chi connectivity index (χ4n) is 1.80. The van der Waals surface area contributed by atoms with Crippen LogP contribution in [0, 0.1) is 0 Å². The SMILES string of the molecule is CC1=C/C=C2/CCC/C2=N/CC1. The first-order valence-electron chi connectivity index (χ1n) is 4.76. The van der Waals surface area contributed by atoms with Crippen molar-refractivity contribution in [1.82, 2.24) is 0 Å². The fourth-order valence-corrected chi connectivity index (χ4v) is 1.80. The maximum atomic E-state index is 4.60. The minimum atomic E-state index is 0.995. The Bertz CT molecular complexity index is 269. The van der Waals surface area contributed by atoms with Gasteiger partial charge in [0, 0.05) is 12.3 Å². The fraction of sp³-hybridized carbons (Fsp3) is 0.545. The summed E-state index contributed by atoms with van der Waals surface area (Å²) >= 11 is 0. The molecule has 1 aliphatic carbocycles. The van der Waals surface area contributed by atoms with Crippen LogP contribution in [0.3, 0.4) is 0 Å². The van der Waals surface area contributed by atoms with E-state index in [0.29, 0.717) is 0 Å². The molecule has 0 saturated heterocycles. The second kappa shape index (κ2) is 3.26. The Labute approximate surface area is 73.9 Å². The van der Waals surface area contributed by atoms with Crippen LogP contribution in [-0.4, -0.2) is 12.3 Å². The number of hydrogen-bond acceptors (Lipinski definition) is 1. The highest BCUT2D eigenvalue weighted by atomic mass is 14.7. The van der Waals surface area contributed by atoms with Crippen molar-refractivity contribution in [2.45, 2.75) is 32.6 Å². The van der Waals surface area contributed by atoms with Gasteiger partial charge >= 0.3 is 0 Å². The average Bonchev–Trinajstić information content (AvgIpc) is 2.45. The van der Waals surface area contributed by atoms with E-state index in [1.54, 1.807) is 0 Å². The number of allylic oxidation sites excluding steroid dienone is 3. The molecule has 0 amide bonds. The third kappa shape index (κ3) is 1.50. The molecule has 1 aliphatic heterocycles. The molecule has 12 heavy (non-hydrogen) atoms. The van der Waals surface area contributed by atoms with Crippen LogP contribution >= 0.6 is 0 Å². The Kier molecular flexibility index (Phi) is 2.11. The van der Waals surface area contributed by atoms with Gasteiger partial charge in [-0.25, -0.2) is 0 Å². The smallest absolute Gasteiger partial charge is 0.0429 e. The first-order valence-corrected chi connectivity index (χ1v) is 4.76. The zero-order valence-corrected chi connectivity index (χ0v) is 7.64. The molecule has 0 bridgehead atoms. The molecule has 0 aromatic rings. The van der Waals surface area contributed by atoms with E-state index in [0.717, 1.165) is 13.0 Å². The van der Waals surface area contributed by atoms with E-state index in [4.69, 9.17) is 0 Å². The maximum absolute atomic E-state index is 4.60. The van der Waals surface area contributed by atoms with E-state index in [1.807, 2.05) is 0 Å². The van der Waals surface area contributed by atoms with Gasteiger partial charge in [0.15, 0.2) is 0 Å². The second-order valence-electron chi connectivity index (χ2n) is 3.64. The molecule has 1 nitrogen and oxygen atoms in total. The Morgan fingerprint density at radius 1 is 1.17 bits per heavy atom. The summed E-state index contributed by atoms with van der Waals surface area (Å²) in [5, 5.41) is 0. The summed E-state index contributed by atoms with van der Waals surface area (Å²) in [5.74, 6) is 0. The summed E-state index contributed by atoms with van der Waals surface area (Å²) < 4.78 is 0. The molecule has 1 saturated carbocycles. The second-order valence-corrected chi connectivity index (χ2v) is 3.64. The Morgan fingerprint density at radius 3 is 3.00 bits per heavy atom. The lowest BCUT2D eigenvalue weighted by atomic mass is 10.1. The van der Waals surface area contributed by atoms with Gasteiger partial charge in [-0.05, 0) is 38.2 Å². The molecule has 64 valence electrons. The van der Waals surface area contributed by atoms with Crippen LogP contribution in [0.2, 0.25) is 0 Å². The predicted molar refractivity (Wildman–Crippen MR) is 52.6 cm³/mol. The Hall–Kier alpha value is -0.850. The van der Waals surface area contributed by atoms with Crippen LogP contribution in [0.4, 0.5) is 0 Å². The van der Waals surface area contributed by atoms with Gasteiger partial charge in [-0.1, -0.05) is 17.7 Å². The lowest BCUT2D eigenvalue weighted by molar-refractivity contribution is 0.934. The van der Waals surface area contributed by atoms with Crippen molar-refractivity contribution in [3.8, 4) is 0 Å². The molecule has 0 spiro atoms. The number of hydrogen-bond donors (Lipinski definition) is 0. The lowest BCUT2D eigenvalue weighted by Crippen LogP contribution is -1.98. The first kappa shape index (κ1) is 7.78. The Balaban J connectivity index is 2.29. The van der Waals surface area contributed by atoms with E-state index in [2.05, 4.69) is 24.1 Å². The highest BCUT2D eigenvalue weighted by Gasteiger charge is 2.14.